The predicted octanol–water partition coefficient (Wildman–Crippen LogP) is 1.43. The molecule has 24 heavy (non-hydrogen) atoms. The second-order valence-electron chi connectivity index (χ2n) is 5.35. The van der Waals surface area contributed by atoms with Crippen molar-refractivity contribution in [3.63, 3.8) is 0 Å². The highest BCUT2D eigenvalue weighted by Gasteiger charge is 2.13. The van der Waals surface area contributed by atoms with Crippen molar-refractivity contribution in [2.24, 2.45) is 0 Å². The molecule has 0 bridgehead atoms. The molecule has 0 atom stereocenters. The highest BCUT2D eigenvalue weighted by atomic mass is 16.2. The zero-order valence-electron chi connectivity index (χ0n) is 14.5. The maximum atomic E-state index is 11.9. The standard InChI is InChI=1S/C17H26N4O3/c1-4-21(5-2)11-7-10-18-16(23)17(24)20-15-9-6-8-14(12-15)19-13(3)22/h6,8-9,12H,4-5,7,10-11H2,1-3H3,(H,18,23)(H,19,22)(H,20,24). The summed E-state index contributed by atoms with van der Waals surface area (Å²) in [5, 5.41) is 7.74. The Morgan fingerprint density at radius 3 is 2.21 bits per heavy atom. The van der Waals surface area contributed by atoms with Crippen LogP contribution in [-0.2, 0) is 14.4 Å². The van der Waals surface area contributed by atoms with Crippen LogP contribution < -0.4 is 16.0 Å². The zero-order chi connectivity index (χ0) is 17.9. The van der Waals surface area contributed by atoms with E-state index in [1.807, 2.05) is 0 Å². The van der Waals surface area contributed by atoms with Gasteiger partial charge in [-0.3, -0.25) is 14.4 Å². The van der Waals surface area contributed by atoms with Gasteiger partial charge < -0.3 is 20.9 Å². The van der Waals surface area contributed by atoms with Crippen LogP contribution in [0.5, 0.6) is 0 Å². The molecule has 0 saturated heterocycles. The fraction of sp³-hybridized carbons (Fsp3) is 0.471. The second-order valence-corrected chi connectivity index (χ2v) is 5.35. The Kier molecular flexibility index (Phi) is 8.49. The molecule has 0 aromatic heterocycles. The number of anilines is 2. The van der Waals surface area contributed by atoms with Crippen LogP contribution in [0.4, 0.5) is 11.4 Å². The Morgan fingerprint density at radius 1 is 1.00 bits per heavy atom. The van der Waals surface area contributed by atoms with E-state index in [1.54, 1.807) is 24.3 Å². The summed E-state index contributed by atoms with van der Waals surface area (Å²) >= 11 is 0. The van der Waals surface area contributed by atoms with E-state index in [0.717, 1.165) is 26.1 Å². The molecule has 0 radical (unpaired) electrons. The van der Waals surface area contributed by atoms with Crippen LogP contribution >= 0.6 is 0 Å². The lowest BCUT2D eigenvalue weighted by molar-refractivity contribution is -0.136. The van der Waals surface area contributed by atoms with E-state index in [-0.39, 0.29) is 5.91 Å². The number of nitrogens with zero attached hydrogens (tertiary/aromatic N) is 1. The number of hydrogen-bond donors (Lipinski definition) is 3. The third-order valence-electron chi connectivity index (χ3n) is 3.48. The Bertz CT molecular complexity index is 571. The summed E-state index contributed by atoms with van der Waals surface area (Å²) in [7, 11) is 0. The highest BCUT2D eigenvalue weighted by Crippen LogP contribution is 2.14. The first-order valence-electron chi connectivity index (χ1n) is 8.15. The van der Waals surface area contributed by atoms with E-state index in [9.17, 15) is 14.4 Å². The molecule has 1 aromatic rings. The Morgan fingerprint density at radius 2 is 1.62 bits per heavy atom. The van der Waals surface area contributed by atoms with E-state index in [0.29, 0.717) is 17.9 Å². The van der Waals surface area contributed by atoms with Gasteiger partial charge in [-0.15, -0.1) is 0 Å². The number of hydrogen-bond acceptors (Lipinski definition) is 4. The van der Waals surface area contributed by atoms with Gasteiger partial charge in [0.15, 0.2) is 0 Å². The SMILES string of the molecule is CCN(CC)CCCNC(=O)C(=O)Nc1cccc(NC(C)=O)c1. The summed E-state index contributed by atoms with van der Waals surface area (Å²) in [5.74, 6) is -1.60. The number of nitrogens with one attached hydrogen (secondary N) is 3. The maximum Gasteiger partial charge on any atom is 0.313 e. The zero-order valence-corrected chi connectivity index (χ0v) is 14.5. The highest BCUT2D eigenvalue weighted by molar-refractivity contribution is 6.39. The van der Waals surface area contributed by atoms with Crippen molar-refractivity contribution in [1.82, 2.24) is 10.2 Å². The van der Waals surface area contributed by atoms with Gasteiger partial charge in [0.2, 0.25) is 5.91 Å². The van der Waals surface area contributed by atoms with Gasteiger partial charge in [0.05, 0.1) is 0 Å². The average molecular weight is 334 g/mol. The molecule has 7 heteroatoms. The van der Waals surface area contributed by atoms with E-state index >= 15 is 0 Å². The first kappa shape index (κ1) is 19.6. The molecule has 0 fully saturated rings. The normalized spacial score (nSPS) is 10.3. The monoisotopic (exact) mass is 334 g/mol. The first-order chi connectivity index (χ1) is 11.5. The van der Waals surface area contributed by atoms with Gasteiger partial charge in [-0.05, 0) is 44.3 Å². The van der Waals surface area contributed by atoms with Crippen molar-refractivity contribution >= 4 is 29.1 Å². The van der Waals surface area contributed by atoms with E-state index in [1.165, 1.54) is 6.92 Å². The van der Waals surface area contributed by atoms with Crippen LogP contribution in [0.15, 0.2) is 24.3 Å². The molecule has 1 aromatic carbocycles. The summed E-state index contributed by atoms with van der Waals surface area (Å²) in [4.78, 5) is 36.9. The molecule has 132 valence electrons. The molecule has 7 nitrogen and oxygen atoms in total. The van der Waals surface area contributed by atoms with Crippen molar-refractivity contribution < 1.29 is 14.4 Å². The van der Waals surface area contributed by atoms with Crippen molar-refractivity contribution in [3.05, 3.63) is 24.3 Å². The first-order valence-corrected chi connectivity index (χ1v) is 8.15. The minimum absolute atomic E-state index is 0.204. The van der Waals surface area contributed by atoms with Gasteiger partial charge in [-0.1, -0.05) is 19.9 Å². The molecular formula is C17H26N4O3. The van der Waals surface area contributed by atoms with Crippen LogP contribution in [-0.4, -0.2) is 48.8 Å². The summed E-state index contributed by atoms with van der Waals surface area (Å²) in [5.41, 5.74) is 1.00. The average Bonchev–Trinajstić information content (AvgIpc) is 2.54. The van der Waals surface area contributed by atoms with E-state index < -0.39 is 11.8 Å². The number of amides is 3. The molecule has 3 N–H and O–H groups in total. The number of carbonyl (C=O) groups excluding carboxylic acids is 3. The number of benzene rings is 1. The summed E-state index contributed by atoms with van der Waals surface area (Å²) < 4.78 is 0. The predicted molar refractivity (Wildman–Crippen MR) is 94.8 cm³/mol. The van der Waals surface area contributed by atoms with Gasteiger partial charge >= 0.3 is 11.8 Å². The molecule has 0 spiro atoms. The fourth-order valence-corrected chi connectivity index (χ4v) is 2.19. The third kappa shape index (κ3) is 7.23. The third-order valence-corrected chi connectivity index (χ3v) is 3.48. The quantitative estimate of drug-likeness (QED) is 0.495. The lowest BCUT2D eigenvalue weighted by Gasteiger charge is -2.17. The van der Waals surface area contributed by atoms with Crippen molar-refractivity contribution in [2.75, 3.05) is 36.8 Å². The molecule has 0 saturated carbocycles. The Balaban J connectivity index is 2.41. The minimum atomic E-state index is -0.724. The maximum absolute atomic E-state index is 11.9. The van der Waals surface area contributed by atoms with Gasteiger partial charge in [-0.25, -0.2) is 0 Å². The van der Waals surface area contributed by atoms with Gasteiger partial charge in [0.25, 0.3) is 0 Å². The molecule has 3 amide bonds. The molecule has 0 unspecified atom stereocenters. The number of carbonyl (C=O) groups is 3. The van der Waals surface area contributed by atoms with E-state index in [2.05, 4.69) is 34.7 Å². The molecular weight excluding hydrogens is 308 g/mol. The molecule has 0 heterocycles. The van der Waals surface area contributed by atoms with E-state index in [4.69, 9.17) is 0 Å². The fourth-order valence-electron chi connectivity index (χ4n) is 2.19. The second kappa shape index (κ2) is 10.4. The lowest BCUT2D eigenvalue weighted by Crippen LogP contribution is -2.37. The molecule has 0 aliphatic carbocycles. The summed E-state index contributed by atoms with van der Waals surface area (Å²) in [6.07, 6.45) is 0.790. The summed E-state index contributed by atoms with van der Waals surface area (Å²) in [6.45, 7) is 8.85. The van der Waals surface area contributed by atoms with Crippen molar-refractivity contribution in [3.8, 4) is 0 Å². The van der Waals surface area contributed by atoms with Crippen LogP contribution in [0.1, 0.15) is 27.2 Å². The van der Waals surface area contributed by atoms with Crippen LogP contribution in [0.3, 0.4) is 0 Å². The molecule has 0 aliphatic rings. The van der Waals surface area contributed by atoms with Crippen LogP contribution in [0.2, 0.25) is 0 Å². The molecule has 0 aliphatic heterocycles. The number of rotatable bonds is 8. The Hall–Kier alpha value is -2.41. The van der Waals surface area contributed by atoms with Gasteiger partial charge in [0.1, 0.15) is 0 Å². The largest absolute Gasteiger partial charge is 0.348 e. The van der Waals surface area contributed by atoms with Crippen LogP contribution in [0.25, 0.3) is 0 Å². The van der Waals surface area contributed by atoms with Gasteiger partial charge in [-0.2, -0.15) is 0 Å². The lowest BCUT2D eigenvalue weighted by atomic mass is 10.2. The minimum Gasteiger partial charge on any atom is -0.348 e. The van der Waals surface area contributed by atoms with Crippen molar-refractivity contribution in [1.29, 1.82) is 0 Å². The van der Waals surface area contributed by atoms with Gasteiger partial charge in [0, 0.05) is 24.8 Å². The Labute approximate surface area is 142 Å². The summed E-state index contributed by atoms with van der Waals surface area (Å²) in [6, 6.07) is 6.62. The van der Waals surface area contributed by atoms with Crippen LogP contribution in [0, 0.1) is 0 Å². The topological polar surface area (TPSA) is 90.5 Å². The smallest absolute Gasteiger partial charge is 0.313 e. The molecule has 1 rings (SSSR count). The van der Waals surface area contributed by atoms with Crippen molar-refractivity contribution in [2.45, 2.75) is 27.2 Å².